The van der Waals surface area contributed by atoms with Gasteiger partial charge < -0.3 is 9.47 Å². The second kappa shape index (κ2) is 8.08. The van der Waals surface area contributed by atoms with Gasteiger partial charge in [0.25, 0.3) is 0 Å². The molecule has 6 heteroatoms. The quantitative estimate of drug-likeness (QED) is 0.340. The van der Waals surface area contributed by atoms with Crippen LogP contribution in [0.15, 0.2) is 59.1 Å². The second-order valence-corrected chi connectivity index (χ2v) is 6.80. The van der Waals surface area contributed by atoms with Crippen LogP contribution in [0.4, 0.5) is 0 Å². The number of hydrogen-bond acceptors (Lipinski definition) is 5. The fourth-order valence-corrected chi connectivity index (χ4v) is 3.26. The number of nitrogens with zero attached hydrogens (tertiary/aromatic N) is 1. The van der Waals surface area contributed by atoms with Crippen molar-refractivity contribution in [2.24, 2.45) is 0 Å². The average Bonchev–Trinajstić information content (AvgIpc) is 3.00. The summed E-state index contributed by atoms with van der Waals surface area (Å²) in [7, 11) is 0. The topological polar surface area (TPSA) is 48.4 Å². The summed E-state index contributed by atoms with van der Waals surface area (Å²) in [5.41, 5.74) is 0.929. The van der Waals surface area contributed by atoms with Gasteiger partial charge in [-0.15, -0.1) is 11.3 Å². The fraction of sp³-hybridized carbons (Fsp3) is 0.111. The minimum Gasteiger partial charge on any atom is -0.490 e. The van der Waals surface area contributed by atoms with E-state index in [4.69, 9.17) is 9.47 Å². The standard InChI is InChI=1S/C18H14BrNO3S/c19-13-4-3-5-14(12-13)22-10-11-23-18(21)9-8-17-20-15-6-1-2-7-16(15)24-17/h1-9,12H,10-11H2/b9-8+. The lowest BCUT2D eigenvalue weighted by molar-refractivity contribution is -0.138. The monoisotopic (exact) mass is 403 g/mol. The van der Waals surface area contributed by atoms with E-state index in [0.29, 0.717) is 6.61 Å². The van der Waals surface area contributed by atoms with Gasteiger partial charge in [-0.2, -0.15) is 0 Å². The molecule has 0 atom stereocenters. The van der Waals surface area contributed by atoms with Crippen molar-refractivity contribution in [3.8, 4) is 5.75 Å². The zero-order valence-corrected chi connectivity index (χ0v) is 15.0. The molecule has 0 aliphatic rings. The normalized spacial score (nSPS) is 11.0. The predicted octanol–water partition coefficient (Wildman–Crippen LogP) is 4.69. The summed E-state index contributed by atoms with van der Waals surface area (Å²) < 4.78 is 12.6. The largest absolute Gasteiger partial charge is 0.490 e. The Balaban J connectivity index is 1.45. The van der Waals surface area contributed by atoms with Crippen LogP contribution >= 0.6 is 27.3 Å². The first kappa shape index (κ1) is 16.7. The van der Waals surface area contributed by atoms with E-state index in [2.05, 4.69) is 20.9 Å². The Kier molecular flexibility index (Phi) is 5.61. The molecule has 2 aromatic carbocycles. The van der Waals surface area contributed by atoms with Gasteiger partial charge in [-0.05, 0) is 36.4 Å². The Labute approximate surface area is 151 Å². The number of rotatable bonds is 6. The van der Waals surface area contributed by atoms with Crippen molar-refractivity contribution >= 4 is 49.5 Å². The van der Waals surface area contributed by atoms with E-state index >= 15 is 0 Å². The van der Waals surface area contributed by atoms with Crippen LogP contribution in [0, 0.1) is 0 Å². The van der Waals surface area contributed by atoms with E-state index < -0.39 is 5.97 Å². The number of benzene rings is 2. The summed E-state index contributed by atoms with van der Waals surface area (Å²) in [6.07, 6.45) is 3.05. The Morgan fingerprint density at radius 1 is 1.17 bits per heavy atom. The lowest BCUT2D eigenvalue weighted by Crippen LogP contribution is -2.10. The average molecular weight is 404 g/mol. The number of aromatic nitrogens is 1. The van der Waals surface area contributed by atoms with Crippen LogP contribution in [0.2, 0.25) is 0 Å². The van der Waals surface area contributed by atoms with E-state index in [-0.39, 0.29) is 6.61 Å². The van der Waals surface area contributed by atoms with E-state index in [1.165, 1.54) is 17.4 Å². The van der Waals surface area contributed by atoms with Gasteiger partial charge in [0.1, 0.15) is 24.0 Å². The molecule has 0 amide bonds. The first-order valence-electron chi connectivity index (χ1n) is 7.29. The highest BCUT2D eigenvalue weighted by Gasteiger charge is 2.02. The number of ether oxygens (including phenoxy) is 2. The molecular formula is C18H14BrNO3S. The molecule has 1 heterocycles. The molecule has 0 spiro atoms. The number of hydrogen-bond donors (Lipinski definition) is 0. The highest BCUT2D eigenvalue weighted by Crippen LogP contribution is 2.22. The third kappa shape index (κ3) is 4.66. The number of carbonyl (C=O) groups is 1. The summed E-state index contributed by atoms with van der Waals surface area (Å²) in [6.45, 7) is 0.493. The van der Waals surface area contributed by atoms with Gasteiger partial charge in [0.15, 0.2) is 0 Å². The Morgan fingerprint density at radius 3 is 2.88 bits per heavy atom. The van der Waals surface area contributed by atoms with E-state index in [0.717, 1.165) is 25.4 Å². The van der Waals surface area contributed by atoms with Crippen LogP contribution in [0.1, 0.15) is 5.01 Å². The highest BCUT2D eigenvalue weighted by atomic mass is 79.9. The van der Waals surface area contributed by atoms with E-state index in [9.17, 15) is 4.79 Å². The fourth-order valence-electron chi connectivity index (χ4n) is 2.01. The molecule has 0 radical (unpaired) electrons. The second-order valence-electron chi connectivity index (χ2n) is 4.83. The van der Waals surface area contributed by atoms with Crippen LogP contribution in [0.5, 0.6) is 5.75 Å². The van der Waals surface area contributed by atoms with Crippen molar-refractivity contribution < 1.29 is 14.3 Å². The number of para-hydroxylation sites is 1. The maximum absolute atomic E-state index is 11.7. The molecule has 122 valence electrons. The van der Waals surface area contributed by atoms with Crippen molar-refractivity contribution in [1.29, 1.82) is 0 Å². The first-order valence-corrected chi connectivity index (χ1v) is 8.90. The maximum atomic E-state index is 11.7. The highest BCUT2D eigenvalue weighted by molar-refractivity contribution is 9.10. The van der Waals surface area contributed by atoms with Gasteiger partial charge in [0, 0.05) is 10.5 Å². The molecule has 24 heavy (non-hydrogen) atoms. The zero-order chi connectivity index (χ0) is 16.8. The van der Waals surface area contributed by atoms with Crippen molar-refractivity contribution in [3.05, 3.63) is 64.1 Å². The summed E-state index contributed by atoms with van der Waals surface area (Å²) in [4.78, 5) is 16.1. The first-order chi connectivity index (χ1) is 11.7. The lowest BCUT2D eigenvalue weighted by atomic mass is 10.3. The molecule has 0 saturated heterocycles. The number of fused-ring (bicyclic) bond motifs is 1. The van der Waals surface area contributed by atoms with Crippen LogP contribution < -0.4 is 4.74 Å². The minimum atomic E-state index is -0.410. The van der Waals surface area contributed by atoms with Crippen molar-refractivity contribution in [2.45, 2.75) is 0 Å². The van der Waals surface area contributed by atoms with Gasteiger partial charge >= 0.3 is 5.97 Å². The molecule has 0 unspecified atom stereocenters. The van der Waals surface area contributed by atoms with Crippen LogP contribution in [0.3, 0.4) is 0 Å². The summed E-state index contributed by atoms with van der Waals surface area (Å²) in [5.74, 6) is 0.317. The minimum absolute atomic E-state index is 0.190. The summed E-state index contributed by atoms with van der Waals surface area (Å²) >= 11 is 4.90. The molecular weight excluding hydrogens is 390 g/mol. The molecule has 1 aromatic heterocycles. The van der Waals surface area contributed by atoms with Crippen LogP contribution in [-0.4, -0.2) is 24.2 Å². The Hall–Kier alpha value is -2.18. The van der Waals surface area contributed by atoms with Gasteiger partial charge in [0.2, 0.25) is 0 Å². The smallest absolute Gasteiger partial charge is 0.330 e. The maximum Gasteiger partial charge on any atom is 0.330 e. The van der Waals surface area contributed by atoms with Crippen LogP contribution in [0.25, 0.3) is 16.3 Å². The third-order valence-electron chi connectivity index (χ3n) is 3.06. The Bertz CT molecular complexity index is 842. The molecule has 3 aromatic rings. The summed E-state index contributed by atoms with van der Waals surface area (Å²) in [6, 6.07) is 15.4. The number of carbonyl (C=O) groups excluding carboxylic acids is 1. The van der Waals surface area contributed by atoms with E-state index in [1.54, 1.807) is 6.08 Å². The van der Waals surface area contributed by atoms with E-state index in [1.807, 2.05) is 48.5 Å². The molecule has 0 fully saturated rings. The third-order valence-corrected chi connectivity index (χ3v) is 4.56. The summed E-state index contributed by atoms with van der Waals surface area (Å²) in [5, 5.41) is 0.776. The van der Waals surface area contributed by atoms with Gasteiger partial charge in [0.05, 0.1) is 10.2 Å². The molecule has 0 aliphatic carbocycles. The molecule has 0 aliphatic heterocycles. The SMILES string of the molecule is O=C(/C=C/c1nc2ccccc2s1)OCCOc1cccc(Br)c1. The van der Waals surface area contributed by atoms with Gasteiger partial charge in [-0.3, -0.25) is 0 Å². The number of esters is 1. The Morgan fingerprint density at radius 2 is 2.04 bits per heavy atom. The number of thiazole rings is 1. The molecule has 0 bridgehead atoms. The molecule has 4 nitrogen and oxygen atoms in total. The van der Waals surface area contributed by atoms with Gasteiger partial charge in [-0.25, -0.2) is 9.78 Å². The predicted molar refractivity (Wildman–Crippen MR) is 99.3 cm³/mol. The number of halogens is 1. The molecule has 0 saturated carbocycles. The van der Waals surface area contributed by atoms with Crippen molar-refractivity contribution in [1.82, 2.24) is 4.98 Å². The molecule has 0 N–H and O–H groups in total. The van der Waals surface area contributed by atoms with Crippen molar-refractivity contribution in [2.75, 3.05) is 13.2 Å². The van der Waals surface area contributed by atoms with Crippen molar-refractivity contribution in [3.63, 3.8) is 0 Å². The van der Waals surface area contributed by atoms with Gasteiger partial charge in [-0.1, -0.05) is 34.1 Å². The molecule has 3 rings (SSSR count). The van der Waals surface area contributed by atoms with Crippen LogP contribution in [-0.2, 0) is 9.53 Å². The lowest BCUT2D eigenvalue weighted by Gasteiger charge is -2.06. The zero-order valence-electron chi connectivity index (χ0n) is 12.6.